The van der Waals surface area contributed by atoms with Crippen LogP contribution in [0.15, 0.2) is 46.9 Å². The van der Waals surface area contributed by atoms with Crippen molar-refractivity contribution in [1.29, 1.82) is 0 Å². The first-order chi connectivity index (χ1) is 9.60. The summed E-state index contributed by atoms with van der Waals surface area (Å²) >= 11 is 3.41. The number of amides is 1. The number of rotatable bonds is 4. The fraction of sp³-hybridized carbons (Fsp3) is 0.188. The molecule has 104 valence electrons. The first-order valence-corrected chi connectivity index (χ1v) is 7.20. The second kappa shape index (κ2) is 6.57. The van der Waals surface area contributed by atoms with E-state index < -0.39 is 0 Å². The Kier molecular flexibility index (Phi) is 4.79. The van der Waals surface area contributed by atoms with Gasteiger partial charge in [-0.05, 0) is 60.1 Å². The molecule has 20 heavy (non-hydrogen) atoms. The Balaban J connectivity index is 2.13. The van der Waals surface area contributed by atoms with E-state index in [1.54, 1.807) is 18.2 Å². The summed E-state index contributed by atoms with van der Waals surface area (Å²) in [5.41, 5.74) is 2.53. The summed E-state index contributed by atoms with van der Waals surface area (Å²) in [6.07, 6.45) is 0. The molecular formula is C16H16BrNO2. The minimum Gasteiger partial charge on any atom is -0.493 e. The van der Waals surface area contributed by atoms with Crippen LogP contribution in [0.3, 0.4) is 0 Å². The monoisotopic (exact) mass is 333 g/mol. The molecule has 0 atom stereocenters. The maximum Gasteiger partial charge on any atom is 0.255 e. The van der Waals surface area contributed by atoms with Crippen LogP contribution in [0, 0.1) is 6.92 Å². The summed E-state index contributed by atoms with van der Waals surface area (Å²) in [4.78, 5) is 12.1. The zero-order valence-electron chi connectivity index (χ0n) is 11.4. The molecule has 2 aromatic rings. The van der Waals surface area contributed by atoms with Gasteiger partial charge >= 0.3 is 0 Å². The van der Waals surface area contributed by atoms with Gasteiger partial charge in [0.05, 0.1) is 11.1 Å². The van der Waals surface area contributed by atoms with Gasteiger partial charge in [0.15, 0.2) is 0 Å². The van der Waals surface area contributed by atoms with E-state index in [1.165, 1.54) is 0 Å². The number of benzene rings is 2. The second-order valence-electron chi connectivity index (χ2n) is 4.40. The Morgan fingerprint density at radius 3 is 2.50 bits per heavy atom. The molecule has 0 aliphatic rings. The van der Waals surface area contributed by atoms with Crippen LogP contribution in [-0.2, 0) is 0 Å². The van der Waals surface area contributed by atoms with Crippen LogP contribution in [0.5, 0.6) is 5.75 Å². The third kappa shape index (κ3) is 3.61. The number of ether oxygens (including phenoxy) is 1. The average molecular weight is 334 g/mol. The van der Waals surface area contributed by atoms with Crippen LogP contribution >= 0.6 is 15.9 Å². The molecule has 0 radical (unpaired) electrons. The van der Waals surface area contributed by atoms with Crippen LogP contribution in [0.1, 0.15) is 22.8 Å². The van der Waals surface area contributed by atoms with E-state index in [4.69, 9.17) is 4.74 Å². The molecule has 0 heterocycles. The van der Waals surface area contributed by atoms with Crippen molar-refractivity contribution < 1.29 is 9.53 Å². The van der Waals surface area contributed by atoms with Crippen LogP contribution in [-0.4, -0.2) is 12.5 Å². The summed E-state index contributed by atoms with van der Waals surface area (Å²) < 4.78 is 6.20. The highest BCUT2D eigenvalue weighted by molar-refractivity contribution is 9.10. The Hall–Kier alpha value is -1.81. The van der Waals surface area contributed by atoms with Gasteiger partial charge in [-0.2, -0.15) is 0 Å². The fourth-order valence-corrected chi connectivity index (χ4v) is 2.25. The van der Waals surface area contributed by atoms with Crippen LogP contribution in [0.4, 0.5) is 5.69 Å². The highest BCUT2D eigenvalue weighted by Crippen LogP contribution is 2.26. The second-order valence-corrected chi connectivity index (χ2v) is 5.25. The molecule has 1 N–H and O–H groups in total. The van der Waals surface area contributed by atoms with Gasteiger partial charge < -0.3 is 10.1 Å². The van der Waals surface area contributed by atoms with Crippen molar-refractivity contribution >= 4 is 27.5 Å². The molecule has 3 nitrogen and oxygen atoms in total. The average Bonchev–Trinajstić information content (AvgIpc) is 2.44. The minimum atomic E-state index is -0.141. The van der Waals surface area contributed by atoms with Gasteiger partial charge in [0.1, 0.15) is 5.75 Å². The molecule has 1 amide bonds. The summed E-state index contributed by atoms with van der Waals surface area (Å²) in [6.45, 7) is 4.52. The molecule has 0 aromatic heterocycles. The number of aryl methyl sites for hydroxylation is 1. The normalized spacial score (nSPS) is 10.2. The molecule has 2 rings (SSSR count). The number of hydrogen-bond acceptors (Lipinski definition) is 2. The Bertz CT molecular complexity index is 608. The Labute approximate surface area is 127 Å². The van der Waals surface area contributed by atoms with Gasteiger partial charge in [-0.15, -0.1) is 0 Å². The standard InChI is InChI=1S/C16H16BrNO2/c1-3-20-15-9-6-12(10-14(15)17)16(19)18-13-7-4-11(2)5-8-13/h4-10H,3H2,1-2H3,(H,18,19). The third-order valence-corrected chi connectivity index (χ3v) is 3.42. The summed E-state index contributed by atoms with van der Waals surface area (Å²) in [5, 5.41) is 2.86. The maximum absolute atomic E-state index is 12.1. The van der Waals surface area contributed by atoms with Gasteiger partial charge in [0.2, 0.25) is 0 Å². The van der Waals surface area contributed by atoms with Gasteiger partial charge in [-0.25, -0.2) is 0 Å². The van der Waals surface area contributed by atoms with Crippen molar-refractivity contribution in [2.45, 2.75) is 13.8 Å². The van der Waals surface area contributed by atoms with Crippen molar-refractivity contribution in [1.82, 2.24) is 0 Å². The number of carbonyl (C=O) groups excluding carboxylic acids is 1. The zero-order chi connectivity index (χ0) is 14.5. The van der Waals surface area contributed by atoms with Crippen molar-refractivity contribution in [2.24, 2.45) is 0 Å². The summed E-state index contributed by atoms with van der Waals surface area (Å²) in [5.74, 6) is 0.594. The third-order valence-electron chi connectivity index (χ3n) is 2.80. The molecule has 0 spiro atoms. The van der Waals surface area contributed by atoms with Crippen LogP contribution in [0.25, 0.3) is 0 Å². The predicted molar refractivity (Wildman–Crippen MR) is 84.4 cm³/mol. The van der Waals surface area contributed by atoms with Crippen LogP contribution in [0.2, 0.25) is 0 Å². The van der Waals surface area contributed by atoms with E-state index in [9.17, 15) is 4.79 Å². The van der Waals surface area contributed by atoms with Gasteiger partial charge in [0, 0.05) is 11.3 Å². The first-order valence-electron chi connectivity index (χ1n) is 6.40. The molecule has 0 saturated carbocycles. The van der Waals surface area contributed by atoms with E-state index in [0.29, 0.717) is 12.2 Å². The van der Waals surface area contributed by atoms with Crippen molar-refractivity contribution in [3.63, 3.8) is 0 Å². The van der Waals surface area contributed by atoms with Gasteiger partial charge in [0.25, 0.3) is 5.91 Å². The lowest BCUT2D eigenvalue weighted by atomic mass is 10.2. The molecule has 0 aliphatic heterocycles. The van der Waals surface area contributed by atoms with E-state index >= 15 is 0 Å². The lowest BCUT2D eigenvalue weighted by Gasteiger charge is -2.09. The smallest absolute Gasteiger partial charge is 0.255 e. The van der Waals surface area contributed by atoms with Gasteiger partial charge in [-0.1, -0.05) is 17.7 Å². The molecule has 0 saturated heterocycles. The quantitative estimate of drug-likeness (QED) is 0.899. The van der Waals surface area contributed by atoms with E-state index in [-0.39, 0.29) is 5.91 Å². The topological polar surface area (TPSA) is 38.3 Å². The Morgan fingerprint density at radius 2 is 1.90 bits per heavy atom. The van der Waals surface area contributed by atoms with Gasteiger partial charge in [-0.3, -0.25) is 4.79 Å². The lowest BCUT2D eigenvalue weighted by molar-refractivity contribution is 0.102. The molecule has 4 heteroatoms. The van der Waals surface area contributed by atoms with E-state index in [1.807, 2.05) is 38.1 Å². The highest BCUT2D eigenvalue weighted by atomic mass is 79.9. The number of anilines is 1. The van der Waals surface area contributed by atoms with Crippen molar-refractivity contribution in [3.05, 3.63) is 58.1 Å². The van der Waals surface area contributed by atoms with Crippen molar-refractivity contribution in [2.75, 3.05) is 11.9 Å². The largest absolute Gasteiger partial charge is 0.493 e. The molecule has 0 unspecified atom stereocenters. The maximum atomic E-state index is 12.1. The molecule has 0 fully saturated rings. The number of halogens is 1. The minimum absolute atomic E-state index is 0.141. The van der Waals surface area contributed by atoms with Crippen molar-refractivity contribution in [3.8, 4) is 5.75 Å². The predicted octanol–water partition coefficient (Wildman–Crippen LogP) is 4.41. The lowest BCUT2D eigenvalue weighted by Crippen LogP contribution is -2.11. The molecular weight excluding hydrogens is 318 g/mol. The summed E-state index contributed by atoms with van der Waals surface area (Å²) in [7, 11) is 0. The Morgan fingerprint density at radius 1 is 1.20 bits per heavy atom. The number of carbonyl (C=O) groups is 1. The first kappa shape index (κ1) is 14.6. The van der Waals surface area contributed by atoms with E-state index in [2.05, 4.69) is 21.2 Å². The molecule has 0 aliphatic carbocycles. The zero-order valence-corrected chi connectivity index (χ0v) is 13.0. The highest BCUT2D eigenvalue weighted by Gasteiger charge is 2.09. The number of nitrogens with one attached hydrogen (secondary N) is 1. The molecule has 2 aromatic carbocycles. The summed E-state index contributed by atoms with van der Waals surface area (Å²) in [6, 6.07) is 13.0. The van der Waals surface area contributed by atoms with Crippen LogP contribution < -0.4 is 10.1 Å². The van der Waals surface area contributed by atoms with E-state index in [0.717, 1.165) is 21.5 Å². The number of hydrogen-bond donors (Lipinski definition) is 1. The fourth-order valence-electron chi connectivity index (χ4n) is 1.75. The SMILES string of the molecule is CCOc1ccc(C(=O)Nc2ccc(C)cc2)cc1Br. The molecule has 0 bridgehead atoms.